The average molecular weight is 231 g/mol. The van der Waals surface area contributed by atoms with E-state index in [1.165, 1.54) is 0 Å². The van der Waals surface area contributed by atoms with E-state index in [0.717, 1.165) is 5.75 Å². The van der Waals surface area contributed by atoms with Crippen molar-refractivity contribution in [2.75, 3.05) is 25.1 Å². The first-order valence-electron chi connectivity index (χ1n) is 5.05. The van der Waals surface area contributed by atoms with Crippen LogP contribution in [0, 0.1) is 11.8 Å². The minimum Gasteiger partial charge on any atom is -0.481 e. The summed E-state index contributed by atoms with van der Waals surface area (Å²) < 4.78 is 0. The van der Waals surface area contributed by atoms with Crippen molar-refractivity contribution in [1.29, 1.82) is 0 Å². The fourth-order valence-corrected chi connectivity index (χ4v) is 2.22. The van der Waals surface area contributed by atoms with Gasteiger partial charge in [0, 0.05) is 25.3 Å². The fourth-order valence-electron chi connectivity index (χ4n) is 1.84. The van der Waals surface area contributed by atoms with Crippen LogP contribution in [0.25, 0.3) is 0 Å². The topological polar surface area (TPSA) is 57.6 Å². The van der Waals surface area contributed by atoms with Crippen LogP contribution < -0.4 is 0 Å². The minimum atomic E-state index is -0.789. The van der Waals surface area contributed by atoms with Crippen molar-refractivity contribution in [3.63, 3.8) is 0 Å². The zero-order chi connectivity index (χ0) is 11.4. The quantitative estimate of drug-likeness (QED) is 0.781. The zero-order valence-electron chi connectivity index (χ0n) is 9.10. The molecular weight excluding hydrogens is 214 g/mol. The molecule has 1 N–H and O–H groups in total. The van der Waals surface area contributed by atoms with Gasteiger partial charge in [-0.1, -0.05) is 6.92 Å². The lowest BCUT2D eigenvalue weighted by atomic mass is 9.99. The number of amides is 1. The molecule has 1 heterocycles. The molecule has 0 bridgehead atoms. The molecule has 86 valence electrons. The van der Waals surface area contributed by atoms with Gasteiger partial charge in [-0.3, -0.25) is 9.59 Å². The maximum absolute atomic E-state index is 11.6. The number of likely N-dealkylation sites (tertiary alicyclic amines) is 1. The van der Waals surface area contributed by atoms with Crippen molar-refractivity contribution in [3.05, 3.63) is 0 Å². The van der Waals surface area contributed by atoms with E-state index in [1.54, 1.807) is 16.7 Å². The van der Waals surface area contributed by atoms with E-state index in [0.29, 0.717) is 19.5 Å². The molecular formula is C10H17NO3S. The van der Waals surface area contributed by atoms with Crippen LogP contribution in [0.15, 0.2) is 0 Å². The van der Waals surface area contributed by atoms with Crippen LogP contribution in [0.4, 0.5) is 0 Å². The van der Waals surface area contributed by atoms with Gasteiger partial charge in [0.1, 0.15) is 0 Å². The summed E-state index contributed by atoms with van der Waals surface area (Å²) in [7, 11) is 0. The smallest absolute Gasteiger partial charge is 0.308 e. The highest BCUT2D eigenvalue weighted by molar-refractivity contribution is 7.98. The molecule has 0 aromatic carbocycles. The lowest BCUT2D eigenvalue weighted by Gasteiger charge is -2.15. The second-order valence-corrected chi connectivity index (χ2v) is 4.95. The van der Waals surface area contributed by atoms with Crippen LogP contribution in [0.3, 0.4) is 0 Å². The fraction of sp³-hybridized carbons (Fsp3) is 0.800. The summed E-state index contributed by atoms with van der Waals surface area (Å²) in [6.45, 7) is 2.86. The Labute approximate surface area is 94.0 Å². The Balaban J connectivity index is 2.47. The van der Waals surface area contributed by atoms with Gasteiger partial charge < -0.3 is 10.0 Å². The number of carbonyl (C=O) groups is 2. The zero-order valence-corrected chi connectivity index (χ0v) is 9.92. The predicted octanol–water partition coefficient (Wildman–Crippen LogP) is 0.919. The molecule has 0 spiro atoms. The van der Waals surface area contributed by atoms with E-state index >= 15 is 0 Å². The number of carboxylic acid groups (broad SMARTS) is 1. The Bertz CT molecular complexity index is 257. The number of thioether (sulfide) groups is 1. The van der Waals surface area contributed by atoms with Crippen LogP contribution in [-0.2, 0) is 9.59 Å². The molecule has 1 fully saturated rings. The minimum absolute atomic E-state index is 0.0701. The first-order valence-corrected chi connectivity index (χ1v) is 6.45. The van der Waals surface area contributed by atoms with E-state index in [1.807, 2.05) is 13.2 Å². The molecule has 1 aliphatic rings. The summed E-state index contributed by atoms with van der Waals surface area (Å²) in [6.07, 6.45) is 2.47. The normalized spacial score (nSPS) is 25.6. The molecule has 15 heavy (non-hydrogen) atoms. The third-order valence-electron chi connectivity index (χ3n) is 2.80. The highest BCUT2D eigenvalue weighted by Gasteiger charge is 2.36. The second-order valence-electron chi connectivity index (χ2n) is 3.96. The van der Waals surface area contributed by atoms with E-state index in [4.69, 9.17) is 5.11 Å². The van der Waals surface area contributed by atoms with Gasteiger partial charge in [-0.15, -0.1) is 0 Å². The SMILES string of the molecule is CSCCC(=O)N1CC(C)C(C(=O)O)C1. The highest BCUT2D eigenvalue weighted by Crippen LogP contribution is 2.23. The first-order chi connectivity index (χ1) is 7.06. The Kier molecular flexibility index (Phi) is 4.45. The Morgan fingerprint density at radius 3 is 2.60 bits per heavy atom. The number of hydrogen-bond acceptors (Lipinski definition) is 3. The molecule has 0 radical (unpaired) electrons. The largest absolute Gasteiger partial charge is 0.481 e. The highest BCUT2D eigenvalue weighted by atomic mass is 32.2. The molecule has 2 unspecified atom stereocenters. The van der Waals surface area contributed by atoms with E-state index in [9.17, 15) is 9.59 Å². The van der Waals surface area contributed by atoms with Crippen molar-refractivity contribution in [1.82, 2.24) is 4.90 Å². The Morgan fingerprint density at radius 2 is 2.13 bits per heavy atom. The van der Waals surface area contributed by atoms with Gasteiger partial charge in [0.25, 0.3) is 0 Å². The molecule has 1 aliphatic heterocycles. The van der Waals surface area contributed by atoms with Crippen LogP contribution in [-0.4, -0.2) is 47.0 Å². The molecule has 1 amide bonds. The van der Waals surface area contributed by atoms with Crippen molar-refractivity contribution < 1.29 is 14.7 Å². The summed E-state index contributed by atoms with van der Waals surface area (Å²) >= 11 is 1.63. The molecule has 1 saturated heterocycles. The number of carbonyl (C=O) groups excluding carboxylic acids is 1. The predicted molar refractivity (Wildman–Crippen MR) is 59.9 cm³/mol. The van der Waals surface area contributed by atoms with E-state index < -0.39 is 5.97 Å². The maximum Gasteiger partial charge on any atom is 0.308 e. The van der Waals surface area contributed by atoms with Gasteiger partial charge in [0.05, 0.1) is 5.92 Å². The molecule has 2 atom stereocenters. The summed E-state index contributed by atoms with van der Waals surface area (Å²) in [5, 5.41) is 8.92. The molecule has 0 aliphatic carbocycles. The summed E-state index contributed by atoms with van der Waals surface area (Å²) in [6, 6.07) is 0. The van der Waals surface area contributed by atoms with Gasteiger partial charge in [-0.05, 0) is 12.2 Å². The molecule has 0 aromatic heterocycles. The van der Waals surface area contributed by atoms with E-state index in [-0.39, 0.29) is 17.7 Å². The number of hydrogen-bond donors (Lipinski definition) is 1. The van der Waals surface area contributed by atoms with Crippen LogP contribution in [0.2, 0.25) is 0 Å². The molecule has 0 saturated carbocycles. The number of rotatable bonds is 4. The Hall–Kier alpha value is -0.710. The summed E-state index contributed by atoms with van der Waals surface area (Å²) in [4.78, 5) is 24.2. The lowest BCUT2D eigenvalue weighted by molar-refractivity contribution is -0.142. The first kappa shape index (κ1) is 12.4. The van der Waals surface area contributed by atoms with Gasteiger partial charge >= 0.3 is 5.97 Å². The molecule has 1 rings (SSSR count). The third kappa shape index (κ3) is 3.12. The monoisotopic (exact) mass is 231 g/mol. The standard InChI is InChI=1S/C10H17NO3S/c1-7-5-11(6-8(7)10(13)14)9(12)3-4-15-2/h7-8H,3-6H2,1-2H3,(H,13,14). The van der Waals surface area contributed by atoms with Gasteiger partial charge in [-0.25, -0.2) is 0 Å². The van der Waals surface area contributed by atoms with Gasteiger partial charge in [-0.2, -0.15) is 11.8 Å². The van der Waals surface area contributed by atoms with Crippen LogP contribution >= 0.6 is 11.8 Å². The van der Waals surface area contributed by atoms with E-state index in [2.05, 4.69) is 0 Å². The second kappa shape index (κ2) is 5.39. The third-order valence-corrected chi connectivity index (χ3v) is 3.41. The van der Waals surface area contributed by atoms with Crippen molar-refractivity contribution >= 4 is 23.6 Å². The van der Waals surface area contributed by atoms with Crippen molar-refractivity contribution in [2.45, 2.75) is 13.3 Å². The summed E-state index contributed by atoms with van der Waals surface area (Å²) in [5.41, 5.74) is 0. The van der Waals surface area contributed by atoms with Crippen molar-refractivity contribution in [3.8, 4) is 0 Å². The van der Waals surface area contributed by atoms with Gasteiger partial charge in [0.15, 0.2) is 0 Å². The molecule has 0 aromatic rings. The molecule has 4 nitrogen and oxygen atoms in total. The Morgan fingerprint density at radius 1 is 1.47 bits per heavy atom. The number of carboxylic acids is 1. The van der Waals surface area contributed by atoms with Crippen LogP contribution in [0.1, 0.15) is 13.3 Å². The van der Waals surface area contributed by atoms with Gasteiger partial charge in [0.2, 0.25) is 5.91 Å². The number of aliphatic carboxylic acids is 1. The number of nitrogens with zero attached hydrogens (tertiary/aromatic N) is 1. The molecule has 5 heteroatoms. The lowest BCUT2D eigenvalue weighted by Crippen LogP contribution is -2.30. The maximum atomic E-state index is 11.6. The average Bonchev–Trinajstić information content (AvgIpc) is 2.56. The van der Waals surface area contributed by atoms with Crippen LogP contribution in [0.5, 0.6) is 0 Å². The summed E-state index contributed by atoms with van der Waals surface area (Å²) in [5.74, 6) is -0.215. The van der Waals surface area contributed by atoms with Crippen molar-refractivity contribution in [2.24, 2.45) is 11.8 Å².